The van der Waals surface area contributed by atoms with Gasteiger partial charge in [-0.3, -0.25) is 0 Å². The quantitative estimate of drug-likeness (QED) is 0.781. The zero-order chi connectivity index (χ0) is 17.6. The Balaban J connectivity index is 1.65. The van der Waals surface area contributed by atoms with Crippen LogP contribution in [-0.2, 0) is 0 Å². The summed E-state index contributed by atoms with van der Waals surface area (Å²) in [7, 11) is 1.66. The lowest BCUT2D eigenvalue weighted by atomic mass is 9.87. The number of carbonyl (C=O) groups is 1. The summed E-state index contributed by atoms with van der Waals surface area (Å²) in [5, 5.41) is 10.0. The summed E-state index contributed by atoms with van der Waals surface area (Å²) < 4.78 is 5.22. The van der Waals surface area contributed by atoms with Crippen molar-refractivity contribution in [2.45, 2.75) is 18.4 Å². The van der Waals surface area contributed by atoms with E-state index in [-0.39, 0.29) is 18.0 Å². The van der Waals surface area contributed by atoms with Gasteiger partial charge >= 0.3 is 6.03 Å². The number of methoxy groups -OCH3 is 1. The van der Waals surface area contributed by atoms with Crippen LogP contribution in [0.2, 0.25) is 5.02 Å². The van der Waals surface area contributed by atoms with Crippen LogP contribution >= 0.6 is 11.6 Å². The van der Waals surface area contributed by atoms with E-state index in [2.05, 4.69) is 28.1 Å². The number of anilines is 1. The fourth-order valence-electron chi connectivity index (χ4n) is 3.10. The maximum atomic E-state index is 12.3. The zero-order valence-corrected chi connectivity index (χ0v) is 14.8. The van der Waals surface area contributed by atoms with Crippen molar-refractivity contribution in [2.24, 2.45) is 0 Å². The molecule has 0 spiro atoms. The van der Waals surface area contributed by atoms with E-state index in [4.69, 9.17) is 16.3 Å². The number of amides is 2. The summed E-state index contributed by atoms with van der Waals surface area (Å²) in [5.74, 6) is 1.05. The van der Waals surface area contributed by atoms with Gasteiger partial charge in [0.1, 0.15) is 5.75 Å². The van der Waals surface area contributed by atoms with E-state index in [1.54, 1.807) is 31.4 Å². The Bertz CT molecular complexity index is 704. The number of benzene rings is 2. The number of hydrogen-bond donors (Lipinski definition) is 3. The van der Waals surface area contributed by atoms with Crippen LogP contribution in [0.15, 0.2) is 48.5 Å². The molecule has 1 fully saturated rings. The van der Waals surface area contributed by atoms with Gasteiger partial charge in [-0.1, -0.05) is 23.7 Å². The van der Waals surface area contributed by atoms with Crippen molar-refractivity contribution < 1.29 is 9.53 Å². The third-order valence-corrected chi connectivity index (χ3v) is 4.70. The predicted molar refractivity (Wildman–Crippen MR) is 101 cm³/mol. The Hall–Kier alpha value is -2.24. The molecule has 0 aromatic heterocycles. The van der Waals surface area contributed by atoms with Crippen molar-refractivity contribution in [3.63, 3.8) is 0 Å². The normalized spacial score (nSPS) is 19.9. The van der Waals surface area contributed by atoms with Crippen molar-refractivity contribution >= 4 is 23.3 Å². The Kier molecular flexibility index (Phi) is 5.79. The minimum Gasteiger partial charge on any atom is -0.497 e. The Morgan fingerprint density at radius 3 is 2.56 bits per heavy atom. The van der Waals surface area contributed by atoms with E-state index in [0.717, 1.165) is 30.9 Å². The molecule has 1 aliphatic heterocycles. The van der Waals surface area contributed by atoms with Gasteiger partial charge in [0.05, 0.1) is 7.11 Å². The highest BCUT2D eigenvalue weighted by Gasteiger charge is 2.27. The second-order valence-corrected chi connectivity index (χ2v) is 6.52. The summed E-state index contributed by atoms with van der Waals surface area (Å²) in [5.41, 5.74) is 1.90. The second kappa shape index (κ2) is 8.23. The van der Waals surface area contributed by atoms with E-state index in [1.165, 1.54) is 5.56 Å². The van der Waals surface area contributed by atoms with Gasteiger partial charge in [0.2, 0.25) is 0 Å². The van der Waals surface area contributed by atoms with Gasteiger partial charge < -0.3 is 20.7 Å². The molecule has 132 valence electrons. The van der Waals surface area contributed by atoms with Gasteiger partial charge in [-0.15, -0.1) is 0 Å². The number of carbonyl (C=O) groups excluding carboxylic acids is 1. The third-order valence-electron chi connectivity index (χ3n) is 4.44. The van der Waals surface area contributed by atoms with Gasteiger partial charge in [0.15, 0.2) is 0 Å². The number of nitrogens with one attached hydrogen (secondary N) is 3. The molecule has 1 saturated heterocycles. The number of rotatable bonds is 4. The lowest BCUT2D eigenvalue weighted by molar-refractivity contribution is 0.242. The highest BCUT2D eigenvalue weighted by atomic mass is 35.5. The van der Waals surface area contributed by atoms with E-state index >= 15 is 0 Å². The summed E-state index contributed by atoms with van der Waals surface area (Å²) in [4.78, 5) is 12.3. The molecule has 0 aliphatic carbocycles. The zero-order valence-electron chi connectivity index (χ0n) is 14.1. The monoisotopic (exact) mass is 359 g/mol. The van der Waals surface area contributed by atoms with Gasteiger partial charge in [-0.25, -0.2) is 4.79 Å². The number of urea groups is 1. The molecule has 2 aromatic carbocycles. The maximum absolute atomic E-state index is 12.3. The first-order valence-corrected chi connectivity index (χ1v) is 8.71. The fourth-order valence-corrected chi connectivity index (χ4v) is 3.23. The molecule has 1 aliphatic rings. The molecule has 3 rings (SSSR count). The lowest BCUT2D eigenvalue weighted by Gasteiger charge is -2.33. The number of hydrogen-bond acceptors (Lipinski definition) is 3. The van der Waals surface area contributed by atoms with E-state index in [9.17, 15) is 4.79 Å². The predicted octanol–water partition coefficient (Wildman–Crippen LogP) is 3.62. The topological polar surface area (TPSA) is 62.4 Å². The standard InChI is InChI=1S/C19H22ClN3O2/c1-25-16-8-2-13(3-9-16)17-12-21-11-10-18(17)23-19(24)22-15-6-4-14(20)5-7-15/h2-9,17-18,21H,10-12H2,1H3,(H2,22,23,24)/t17-,18?/m0/s1. The molecule has 2 atom stereocenters. The Morgan fingerprint density at radius 1 is 1.16 bits per heavy atom. The van der Waals surface area contributed by atoms with E-state index < -0.39 is 0 Å². The minimum atomic E-state index is -0.201. The summed E-state index contributed by atoms with van der Waals surface area (Å²) >= 11 is 5.87. The van der Waals surface area contributed by atoms with Gasteiger partial charge in [0.25, 0.3) is 0 Å². The molecule has 5 nitrogen and oxygen atoms in total. The number of piperidine rings is 1. The minimum absolute atomic E-state index is 0.0712. The first-order valence-electron chi connectivity index (χ1n) is 8.33. The van der Waals surface area contributed by atoms with Crippen LogP contribution in [0.1, 0.15) is 17.9 Å². The van der Waals surface area contributed by atoms with Crippen molar-refractivity contribution in [1.29, 1.82) is 0 Å². The lowest BCUT2D eigenvalue weighted by Crippen LogP contribution is -2.49. The van der Waals surface area contributed by atoms with Crippen LogP contribution in [0.4, 0.5) is 10.5 Å². The molecule has 6 heteroatoms. The number of ether oxygens (including phenoxy) is 1. The first kappa shape index (κ1) is 17.6. The van der Waals surface area contributed by atoms with E-state index in [1.807, 2.05) is 12.1 Å². The molecule has 1 heterocycles. The van der Waals surface area contributed by atoms with Crippen LogP contribution in [0.25, 0.3) is 0 Å². The van der Waals surface area contributed by atoms with Crippen LogP contribution in [-0.4, -0.2) is 32.3 Å². The highest BCUT2D eigenvalue weighted by molar-refractivity contribution is 6.30. The molecule has 2 amide bonds. The molecule has 0 saturated carbocycles. The first-order chi connectivity index (χ1) is 12.2. The van der Waals surface area contributed by atoms with Crippen LogP contribution in [0.3, 0.4) is 0 Å². The summed E-state index contributed by atoms with van der Waals surface area (Å²) in [6.45, 7) is 1.72. The largest absolute Gasteiger partial charge is 0.497 e. The SMILES string of the molecule is COc1ccc([C@@H]2CNCCC2NC(=O)Nc2ccc(Cl)cc2)cc1. The maximum Gasteiger partial charge on any atom is 0.319 e. The van der Waals surface area contributed by atoms with Gasteiger partial charge in [0, 0.05) is 29.2 Å². The molecule has 25 heavy (non-hydrogen) atoms. The average Bonchev–Trinajstić information content (AvgIpc) is 2.64. The molecular weight excluding hydrogens is 338 g/mol. The van der Waals surface area contributed by atoms with Gasteiger partial charge in [-0.05, 0) is 54.9 Å². The molecule has 0 bridgehead atoms. The summed E-state index contributed by atoms with van der Waals surface area (Å²) in [6, 6.07) is 15.0. The van der Waals surface area contributed by atoms with Crippen LogP contribution in [0.5, 0.6) is 5.75 Å². The Labute approximate surface area is 152 Å². The molecule has 3 N–H and O–H groups in total. The number of halogens is 1. The average molecular weight is 360 g/mol. The smallest absolute Gasteiger partial charge is 0.319 e. The van der Waals surface area contributed by atoms with Crippen LogP contribution in [0, 0.1) is 0 Å². The van der Waals surface area contributed by atoms with Crippen molar-refractivity contribution in [2.75, 3.05) is 25.5 Å². The van der Waals surface area contributed by atoms with E-state index in [0.29, 0.717) is 5.02 Å². The van der Waals surface area contributed by atoms with Crippen molar-refractivity contribution in [3.8, 4) is 5.75 Å². The molecule has 2 aromatic rings. The molecule has 0 radical (unpaired) electrons. The van der Waals surface area contributed by atoms with Crippen molar-refractivity contribution in [1.82, 2.24) is 10.6 Å². The third kappa shape index (κ3) is 4.65. The fraction of sp³-hybridized carbons (Fsp3) is 0.316. The Morgan fingerprint density at radius 2 is 1.88 bits per heavy atom. The van der Waals surface area contributed by atoms with Gasteiger partial charge in [-0.2, -0.15) is 0 Å². The van der Waals surface area contributed by atoms with Crippen molar-refractivity contribution in [3.05, 3.63) is 59.1 Å². The second-order valence-electron chi connectivity index (χ2n) is 6.08. The molecular formula is C19H22ClN3O2. The molecule has 1 unspecified atom stereocenters. The van der Waals surface area contributed by atoms with Crippen LogP contribution < -0.4 is 20.7 Å². The highest BCUT2D eigenvalue weighted by Crippen LogP contribution is 2.26. The summed E-state index contributed by atoms with van der Waals surface area (Å²) in [6.07, 6.45) is 0.880.